The van der Waals surface area contributed by atoms with E-state index in [1.54, 1.807) is 14.2 Å². The van der Waals surface area contributed by atoms with Crippen LogP contribution in [0.4, 0.5) is 5.69 Å². The molecule has 0 amide bonds. The van der Waals surface area contributed by atoms with Crippen molar-refractivity contribution in [2.45, 2.75) is 20.4 Å². The molecule has 0 spiro atoms. The molecule has 3 nitrogen and oxygen atoms in total. The summed E-state index contributed by atoms with van der Waals surface area (Å²) in [5.41, 5.74) is 4.70. The monoisotopic (exact) mass is 271 g/mol. The van der Waals surface area contributed by atoms with Gasteiger partial charge in [0.15, 0.2) is 11.5 Å². The van der Waals surface area contributed by atoms with Gasteiger partial charge >= 0.3 is 0 Å². The Hall–Kier alpha value is -2.16. The number of benzene rings is 2. The third-order valence-electron chi connectivity index (χ3n) is 3.35. The summed E-state index contributed by atoms with van der Waals surface area (Å²) in [6.07, 6.45) is 0. The van der Waals surface area contributed by atoms with Gasteiger partial charge < -0.3 is 14.8 Å². The SMILES string of the molecule is COc1cccc(CNc2cc(C)ccc2C)c1OC. The summed E-state index contributed by atoms with van der Waals surface area (Å²) < 4.78 is 10.8. The number of rotatable bonds is 5. The van der Waals surface area contributed by atoms with Crippen molar-refractivity contribution in [2.24, 2.45) is 0 Å². The van der Waals surface area contributed by atoms with Crippen molar-refractivity contribution in [2.75, 3.05) is 19.5 Å². The Morgan fingerprint density at radius 1 is 1.00 bits per heavy atom. The lowest BCUT2D eigenvalue weighted by Crippen LogP contribution is -2.04. The molecule has 0 heterocycles. The molecule has 2 rings (SSSR count). The van der Waals surface area contributed by atoms with Gasteiger partial charge in [-0.3, -0.25) is 0 Å². The average molecular weight is 271 g/mol. The lowest BCUT2D eigenvalue weighted by Gasteiger charge is -2.15. The molecule has 0 radical (unpaired) electrons. The van der Waals surface area contributed by atoms with Gasteiger partial charge in [0.1, 0.15) is 0 Å². The van der Waals surface area contributed by atoms with Crippen LogP contribution in [-0.2, 0) is 6.54 Å². The topological polar surface area (TPSA) is 30.5 Å². The molecule has 20 heavy (non-hydrogen) atoms. The second-order valence-electron chi connectivity index (χ2n) is 4.82. The minimum Gasteiger partial charge on any atom is -0.493 e. The Morgan fingerprint density at radius 3 is 2.50 bits per heavy atom. The van der Waals surface area contributed by atoms with E-state index < -0.39 is 0 Å². The summed E-state index contributed by atoms with van der Waals surface area (Å²) in [5.74, 6) is 1.54. The molecule has 0 aromatic heterocycles. The molecule has 0 aliphatic rings. The van der Waals surface area contributed by atoms with Crippen molar-refractivity contribution in [1.82, 2.24) is 0 Å². The normalized spacial score (nSPS) is 10.2. The first-order valence-corrected chi connectivity index (χ1v) is 6.66. The minimum atomic E-state index is 0.699. The average Bonchev–Trinajstić information content (AvgIpc) is 2.47. The van der Waals surface area contributed by atoms with Gasteiger partial charge in [0, 0.05) is 17.8 Å². The number of hydrogen-bond acceptors (Lipinski definition) is 3. The van der Waals surface area contributed by atoms with E-state index in [0.717, 1.165) is 22.7 Å². The van der Waals surface area contributed by atoms with Crippen molar-refractivity contribution >= 4 is 5.69 Å². The molecular weight excluding hydrogens is 250 g/mol. The summed E-state index contributed by atoms with van der Waals surface area (Å²) in [6.45, 7) is 4.89. The quantitative estimate of drug-likeness (QED) is 0.893. The zero-order valence-corrected chi connectivity index (χ0v) is 12.5. The van der Waals surface area contributed by atoms with Gasteiger partial charge in [0.05, 0.1) is 14.2 Å². The van der Waals surface area contributed by atoms with Crippen LogP contribution in [0.5, 0.6) is 11.5 Å². The maximum atomic E-state index is 5.44. The van der Waals surface area contributed by atoms with Crippen LogP contribution >= 0.6 is 0 Å². The van der Waals surface area contributed by atoms with Crippen LogP contribution in [0.1, 0.15) is 16.7 Å². The van der Waals surface area contributed by atoms with Crippen molar-refractivity contribution in [3.8, 4) is 11.5 Å². The lowest BCUT2D eigenvalue weighted by atomic mass is 10.1. The van der Waals surface area contributed by atoms with Crippen LogP contribution in [0.2, 0.25) is 0 Å². The summed E-state index contributed by atoms with van der Waals surface area (Å²) in [7, 11) is 3.32. The Labute approximate surface area is 120 Å². The van der Waals surface area contributed by atoms with Crippen molar-refractivity contribution in [3.05, 3.63) is 53.1 Å². The fourth-order valence-electron chi connectivity index (χ4n) is 2.21. The maximum Gasteiger partial charge on any atom is 0.165 e. The predicted molar refractivity (Wildman–Crippen MR) is 82.8 cm³/mol. The first-order valence-electron chi connectivity index (χ1n) is 6.66. The first kappa shape index (κ1) is 14.3. The van der Waals surface area contributed by atoms with Crippen LogP contribution in [0.15, 0.2) is 36.4 Å². The number of anilines is 1. The number of hydrogen-bond donors (Lipinski definition) is 1. The van der Waals surface area contributed by atoms with E-state index in [0.29, 0.717) is 6.54 Å². The van der Waals surface area contributed by atoms with Crippen molar-refractivity contribution in [3.63, 3.8) is 0 Å². The van der Waals surface area contributed by atoms with Crippen molar-refractivity contribution in [1.29, 1.82) is 0 Å². The summed E-state index contributed by atoms with van der Waals surface area (Å²) in [5, 5.41) is 3.46. The molecule has 0 fully saturated rings. The molecule has 2 aromatic rings. The largest absolute Gasteiger partial charge is 0.493 e. The molecular formula is C17H21NO2. The maximum absolute atomic E-state index is 5.44. The number of methoxy groups -OCH3 is 2. The third-order valence-corrected chi connectivity index (χ3v) is 3.35. The summed E-state index contributed by atoms with van der Waals surface area (Å²) in [4.78, 5) is 0. The molecule has 0 unspecified atom stereocenters. The van der Waals surface area contributed by atoms with Gasteiger partial charge in [-0.05, 0) is 37.1 Å². The highest BCUT2D eigenvalue weighted by Gasteiger charge is 2.09. The van der Waals surface area contributed by atoms with Crippen LogP contribution in [-0.4, -0.2) is 14.2 Å². The van der Waals surface area contributed by atoms with E-state index in [-0.39, 0.29) is 0 Å². The molecule has 0 saturated carbocycles. The lowest BCUT2D eigenvalue weighted by molar-refractivity contribution is 0.352. The van der Waals surface area contributed by atoms with Gasteiger partial charge in [-0.25, -0.2) is 0 Å². The Bertz CT molecular complexity index is 594. The van der Waals surface area contributed by atoms with Gasteiger partial charge in [-0.15, -0.1) is 0 Å². The summed E-state index contributed by atoms with van der Waals surface area (Å²) >= 11 is 0. The molecule has 0 atom stereocenters. The third kappa shape index (κ3) is 3.05. The second-order valence-corrected chi connectivity index (χ2v) is 4.82. The minimum absolute atomic E-state index is 0.699. The predicted octanol–water partition coefficient (Wildman–Crippen LogP) is 3.93. The van der Waals surface area contributed by atoms with E-state index in [2.05, 4.69) is 37.4 Å². The second kappa shape index (κ2) is 6.33. The number of para-hydroxylation sites is 1. The Morgan fingerprint density at radius 2 is 1.80 bits per heavy atom. The molecule has 0 bridgehead atoms. The van der Waals surface area contributed by atoms with Gasteiger partial charge in [-0.2, -0.15) is 0 Å². The van der Waals surface area contributed by atoms with Crippen LogP contribution in [0.25, 0.3) is 0 Å². The van der Waals surface area contributed by atoms with E-state index in [1.807, 2.05) is 18.2 Å². The van der Waals surface area contributed by atoms with E-state index in [9.17, 15) is 0 Å². The zero-order valence-electron chi connectivity index (χ0n) is 12.5. The first-order chi connectivity index (χ1) is 9.65. The molecule has 106 valence electrons. The number of aryl methyl sites for hydroxylation is 2. The van der Waals surface area contributed by atoms with Crippen LogP contribution in [0, 0.1) is 13.8 Å². The van der Waals surface area contributed by atoms with Crippen LogP contribution < -0.4 is 14.8 Å². The molecule has 0 aliphatic heterocycles. The Kier molecular flexibility index (Phi) is 4.51. The smallest absolute Gasteiger partial charge is 0.165 e. The van der Waals surface area contributed by atoms with Gasteiger partial charge in [0.25, 0.3) is 0 Å². The van der Waals surface area contributed by atoms with Crippen molar-refractivity contribution < 1.29 is 9.47 Å². The van der Waals surface area contributed by atoms with E-state index >= 15 is 0 Å². The zero-order chi connectivity index (χ0) is 14.5. The summed E-state index contributed by atoms with van der Waals surface area (Å²) in [6, 6.07) is 12.3. The number of nitrogens with one attached hydrogen (secondary N) is 1. The highest BCUT2D eigenvalue weighted by atomic mass is 16.5. The molecule has 0 aliphatic carbocycles. The van der Waals surface area contributed by atoms with Gasteiger partial charge in [0.2, 0.25) is 0 Å². The molecule has 2 aromatic carbocycles. The van der Waals surface area contributed by atoms with Crippen LogP contribution in [0.3, 0.4) is 0 Å². The fraction of sp³-hybridized carbons (Fsp3) is 0.294. The highest BCUT2D eigenvalue weighted by Crippen LogP contribution is 2.31. The molecule has 1 N–H and O–H groups in total. The standard InChI is InChI=1S/C17H21NO2/c1-12-8-9-13(2)15(10-12)18-11-14-6-5-7-16(19-3)17(14)20-4/h5-10,18H,11H2,1-4H3. The number of ether oxygens (including phenoxy) is 2. The molecule has 3 heteroatoms. The Balaban J connectivity index is 2.20. The van der Waals surface area contributed by atoms with Gasteiger partial charge in [-0.1, -0.05) is 24.3 Å². The van der Waals surface area contributed by atoms with E-state index in [1.165, 1.54) is 11.1 Å². The molecule has 0 saturated heterocycles. The van der Waals surface area contributed by atoms with E-state index in [4.69, 9.17) is 9.47 Å². The fourth-order valence-corrected chi connectivity index (χ4v) is 2.21. The highest BCUT2D eigenvalue weighted by molar-refractivity contribution is 5.54.